The summed E-state index contributed by atoms with van der Waals surface area (Å²) in [6, 6.07) is 32.8. The fourth-order valence-corrected chi connectivity index (χ4v) is 5.94. The summed E-state index contributed by atoms with van der Waals surface area (Å²) in [5.41, 5.74) is 7.26. The quantitative estimate of drug-likeness (QED) is 0.0561. The van der Waals surface area contributed by atoms with Crippen molar-refractivity contribution in [1.82, 2.24) is 0 Å². The van der Waals surface area contributed by atoms with Crippen molar-refractivity contribution in [3.63, 3.8) is 0 Å². The Morgan fingerprint density at radius 2 is 0.674 bits per heavy atom. The van der Waals surface area contributed by atoms with Crippen molar-refractivity contribution in [3.8, 4) is 33.8 Å². The summed E-state index contributed by atoms with van der Waals surface area (Å²) in [5, 5.41) is 0. The molecule has 0 atom stereocenters. The van der Waals surface area contributed by atoms with Gasteiger partial charge in [0.25, 0.3) is 0 Å². The fourth-order valence-electron chi connectivity index (χ4n) is 5.94. The van der Waals surface area contributed by atoms with Crippen LogP contribution in [0.4, 0.5) is 4.79 Å². The maximum atomic E-state index is 12.5. The van der Waals surface area contributed by atoms with E-state index in [1.54, 1.807) is 0 Å². The number of hydrogen-bond donors (Lipinski definition) is 0. The maximum absolute atomic E-state index is 12.5. The van der Waals surface area contributed by atoms with Gasteiger partial charge in [-0.1, -0.05) is 164 Å². The molecule has 0 aliphatic rings. The molecule has 4 aromatic rings. The Hall–Kier alpha value is -3.85. The van der Waals surface area contributed by atoms with Crippen LogP contribution >= 0.6 is 0 Å². The standard InChI is InChI=1S/C43H54O3/c1-3-5-7-9-11-13-15-17-35-19-23-37(24-20-35)39-27-31-41(32-28-39)45-43(44)46-42-33-29-40(30-34-42)38-25-21-36(22-26-38)18-16-14-12-10-8-6-4-2/h19-34H,3-18H2,1-2H3. The molecule has 0 aliphatic heterocycles. The van der Waals surface area contributed by atoms with Gasteiger partial charge < -0.3 is 9.47 Å². The first-order valence-corrected chi connectivity index (χ1v) is 17.9. The van der Waals surface area contributed by atoms with Crippen molar-refractivity contribution in [1.29, 1.82) is 0 Å². The molecule has 0 fully saturated rings. The van der Waals surface area contributed by atoms with Gasteiger partial charge in [-0.15, -0.1) is 0 Å². The van der Waals surface area contributed by atoms with E-state index in [1.807, 2.05) is 48.5 Å². The second-order valence-corrected chi connectivity index (χ2v) is 12.6. The Kier molecular flexibility index (Phi) is 15.5. The number of hydrogen-bond acceptors (Lipinski definition) is 3. The Balaban J connectivity index is 1.17. The molecule has 244 valence electrons. The normalized spacial score (nSPS) is 11.0. The first-order chi connectivity index (χ1) is 22.6. The van der Waals surface area contributed by atoms with Crippen LogP contribution < -0.4 is 9.47 Å². The van der Waals surface area contributed by atoms with E-state index in [2.05, 4.69) is 62.4 Å². The van der Waals surface area contributed by atoms with Gasteiger partial charge in [0.2, 0.25) is 0 Å². The number of unbranched alkanes of at least 4 members (excludes halogenated alkanes) is 12. The van der Waals surface area contributed by atoms with Gasteiger partial charge >= 0.3 is 6.16 Å². The fraction of sp³-hybridized carbons (Fsp3) is 0.419. The van der Waals surface area contributed by atoms with Crippen molar-refractivity contribution in [2.75, 3.05) is 0 Å². The summed E-state index contributed by atoms with van der Waals surface area (Å²) >= 11 is 0. The zero-order valence-electron chi connectivity index (χ0n) is 28.3. The van der Waals surface area contributed by atoms with E-state index in [0.29, 0.717) is 11.5 Å². The lowest BCUT2D eigenvalue weighted by Gasteiger charge is -2.09. The van der Waals surface area contributed by atoms with Crippen LogP contribution in [-0.4, -0.2) is 6.16 Å². The molecule has 4 aromatic carbocycles. The van der Waals surface area contributed by atoms with Gasteiger partial charge in [-0.3, -0.25) is 0 Å². The average molecular weight is 619 g/mol. The second-order valence-electron chi connectivity index (χ2n) is 12.6. The molecule has 0 heterocycles. The molecule has 0 bridgehead atoms. The van der Waals surface area contributed by atoms with E-state index in [9.17, 15) is 4.79 Å². The first-order valence-electron chi connectivity index (χ1n) is 17.9. The van der Waals surface area contributed by atoms with Gasteiger partial charge in [-0.05, 0) is 83.3 Å². The number of carbonyl (C=O) groups is 1. The minimum atomic E-state index is -0.745. The van der Waals surface area contributed by atoms with Crippen LogP contribution in [0.5, 0.6) is 11.5 Å². The Morgan fingerprint density at radius 1 is 0.391 bits per heavy atom. The molecule has 0 aromatic heterocycles. The molecule has 3 heteroatoms. The third kappa shape index (κ3) is 12.5. The van der Waals surface area contributed by atoms with Crippen LogP contribution in [0.15, 0.2) is 97.1 Å². The maximum Gasteiger partial charge on any atom is 0.519 e. The van der Waals surface area contributed by atoms with E-state index in [-0.39, 0.29) is 0 Å². The van der Waals surface area contributed by atoms with Crippen LogP contribution in [0.3, 0.4) is 0 Å². The van der Waals surface area contributed by atoms with E-state index in [0.717, 1.165) is 35.1 Å². The van der Waals surface area contributed by atoms with E-state index < -0.39 is 6.16 Å². The zero-order chi connectivity index (χ0) is 32.2. The highest BCUT2D eigenvalue weighted by Gasteiger charge is 2.09. The smallest absolute Gasteiger partial charge is 0.395 e. The molecule has 0 unspecified atom stereocenters. The van der Waals surface area contributed by atoms with Crippen LogP contribution in [-0.2, 0) is 12.8 Å². The summed E-state index contributed by atoms with van der Waals surface area (Å²) in [6.45, 7) is 4.53. The van der Waals surface area contributed by atoms with Gasteiger partial charge in [-0.25, -0.2) is 4.79 Å². The molecule has 0 amide bonds. The molecule has 0 saturated heterocycles. The Morgan fingerprint density at radius 3 is 1.00 bits per heavy atom. The summed E-state index contributed by atoms with van der Waals surface area (Å²) in [5.74, 6) is 0.912. The monoisotopic (exact) mass is 618 g/mol. The molecule has 46 heavy (non-hydrogen) atoms. The SMILES string of the molecule is CCCCCCCCCc1ccc(-c2ccc(OC(=O)Oc3ccc(-c4ccc(CCCCCCCCC)cc4)cc3)cc2)cc1. The second kappa shape index (κ2) is 20.3. The summed E-state index contributed by atoms with van der Waals surface area (Å²) in [7, 11) is 0. The summed E-state index contributed by atoms with van der Waals surface area (Å²) in [6.07, 6.45) is 20.2. The number of rotatable bonds is 20. The molecule has 3 nitrogen and oxygen atoms in total. The predicted octanol–water partition coefficient (Wildman–Crippen LogP) is 13.2. The van der Waals surface area contributed by atoms with Crippen molar-refractivity contribution in [2.45, 2.75) is 117 Å². The van der Waals surface area contributed by atoms with Gasteiger partial charge in [0.1, 0.15) is 11.5 Å². The lowest BCUT2D eigenvalue weighted by Crippen LogP contribution is -2.13. The molecule has 0 aliphatic carbocycles. The van der Waals surface area contributed by atoms with Crippen molar-refractivity contribution in [3.05, 3.63) is 108 Å². The lowest BCUT2D eigenvalue weighted by atomic mass is 10.0. The Bertz CT molecular complexity index is 1280. The van der Waals surface area contributed by atoms with Gasteiger partial charge in [0, 0.05) is 0 Å². The average Bonchev–Trinajstić information content (AvgIpc) is 3.09. The minimum absolute atomic E-state index is 0.456. The van der Waals surface area contributed by atoms with Crippen molar-refractivity contribution < 1.29 is 14.3 Å². The highest BCUT2D eigenvalue weighted by Crippen LogP contribution is 2.26. The van der Waals surface area contributed by atoms with Crippen LogP contribution in [0.25, 0.3) is 22.3 Å². The summed E-state index contributed by atoms with van der Waals surface area (Å²) < 4.78 is 10.9. The third-order valence-electron chi connectivity index (χ3n) is 8.82. The largest absolute Gasteiger partial charge is 0.519 e. The molecule has 4 rings (SSSR count). The van der Waals surface area contributed by atoms with E-state index >= 15 is 0 Å². The minimum Gasteiger partial charge on any atom is -0.395 e. The van der Waals surface area contributed by atoms with Gasteiger partial charge in [0.05, 0.1) is 0 Å². The number of aryl methyl sites for hydroxylation is 2. The molecular weight excluding hydrogens is 564 g/mol. The van der Waals surface area contributed by atoms with E-state index in [1.165, 1.54) is 101 Å². The number of carbonyl (C=O) groups excluding carboxylic acids is 1. The summed E-state index contributed by atoms with van der Waals surface area (Å²) in [4.78, 5) is 12.5. The predicted molar refractivity (Wildman–Crippen MR) is 194 cm³/mol. The third-order valence-corrected chi connectivity index (χ3v) is 8.82. The number of ether oxygens (including phenoxy) is 2. The molecule has 0 saturated carbocycles. The lowest BCUT2D eigenvalue weighted by molar-refractivity contribution is 0.152. The van der Waals surface area contributed by atoms with Crippen molar-refractivity contribution >= 4 is 6.16 Å². The van der Waals surface area contributed by atoms with Gasteiger partial charge in [-0.2, -0.15) is 0 Å². The van der Waals surface area contributed by atoms with Crippen molar-refractivity contribution in [2.24, 2.45) is 0 Å². The van der Waals surface area contributed by atoms with Crippen LogP contribution in [0.2, 0.25) is 0 Å². The highest BCUT2D eigenvalue weighted by molar-refractivity contribution is 5.70. The topological polar surface area (TPSA) is 35.5 Å². The van der Waals surface area contributed by atoms with Gasteiger partial charge in [0.15, 0.2) is 0 Å². The Labute approximate surface area is 278 Å². The first kappa shape index (κ1) is 35.0. The molecular formula is C43H54O3. The van der Waals surface area contributed by atoms with Crippen LogP contribution in [0.1, 0.15) is 115 Å². The molecule has 0 spiro atoms. The molecule has 0 radical (unpaired) electrons. The van der Waals surface area contributed by atoms with E-state index in [4.69, 9.17) is 9.47 Å². The highest BCUT2D eigenvalue weighted by atomic mass is 16.7. The molecule has 0 N–H and O–H groups in total. The van der Waals surface area contributed by atoms with Crippen LogP contribution in [0, 0.1) is 0 Å². The zero-order valence-corrected chi connectivity index (χ0v) is 28.3. The number of benzene rings is 4.